The number of nitrogens with zero attached hydrogens (tertiary/aromatic N) is 2. The summed E-state index contributed by atoms with van der Waals surface area (Å²) < 4.78 is 0. The Hall–Kier alpha value is -1.55. The van der Waals surface area contributed by atoms with Crippen LogP contribution in [0.25, 0.3) is 11.3 Å². The standard InChI is InChI=1S/C15H18BN3/c1-19-9-3-2-4-14(19)15-17-10-13(18-15)11-5-7-12(16)8-6-11/h5-8,10,14H,2-4,9H2,1H3,(H,17,18). The van der Waals surface area contributed by atoms with Gasteiger partial charge in [-0.25, -0.2) is 4.98 Å². The highest BCUT2D eigenvalue weighted by Gasteiger charge is 2.23. The lowest BCUT2D eigenvalue weighted by atomic mass is 9.95. The van der Waals surface area contributed by atoms with Crippen molar-refractivity contribution in [2.45, 2.75) is 25.3 Å². The number of imidazole rings is 1. The summed E-state index contributed by atoms with van der Waals surface area (Å²) in [6.45, 7) is 1.16. The molecule has 0 aliphatic carbocycles. The second kappa shape index (κ2) is 5.21. The molecular formula is C15H18BN3. The Morgan fingerprint density at radius 1 is 1.26 bits per heavy atom. The highest BCUT2D eigenvalue weighted by molar-refractivity contribution is 6.32. The van der Waals surface area contributed by atoms with Gasteiger partial charge in [0.15, 0.2) is 0 Å². The molecule has 0 bridgehead atoms. The van der Waals surface area contributed by atoms with Crippen LogP contribution >= 0.6 is 0 Å². The molecule has 2 aromatic rings. The number of nitrogens with one attached hydrogen (secondary N) is 1. The van der Waals surface area contributed by atoms with Crippen LogP contribution in [-0.4, -0.2) is 36.3 Å². The van der Waals surface area contributed by atoms with Crippen LogP contribution in [0, 0.1) is 0 Å². The lowest BCUT2D eigenvalue weighted by Gasteiger charge is -2.30. The molecule has 0 amide bonds. The third-order valence-electron chi connectivity index (χ3n) is 3.90. The molecule has 1 atom stereocenters. The van der Waals surface area contributed by atoms with Gasteiger partial charge in [-0.05, 0) is 32.0 Å². The van der Waals surface area contributed by atoms with Crippen molar-refractivity contribution in [1.29, 1.82) is 0 Å². The maximum absolute atomic E-state index is 5.71. The topological polar surface area (TPSA) is 31.9 Å². The summed E-state index contributed by atoms with van der Waals surface area (Å²) in [6.07, 6.45) is 5.68. The number of aromatic nitrogens is 2. The molecule has 96 valence electrons. The second-order valence-corrected chi connectivity index (χ2v) is 5.30. The van der Waals surface area contributed by atoms with Gasteiger partial charge in [-0.15, -0.1) is 0 Å². The highest BCUT2D eigenvalue weighted by atomic mass is 15.2. The number of H-pyrrole nitrogens is 1. The van der Waals surface area contributed by atoms with Crippen molar-refractivity contribution in [3.8, 4) is 11.3 Å². The van der Waals surface area contributed by atoms with Gasteiger partial charge in [0.05, 0.1) is 17.9 Å². The van der Waals surface area contributed by atoms with Crippen LogP contribution in [0.15, 0.2) is 30.5 Å². The maximum Gasteiger partial charge on any atom is 0.123 e. The van der Waals surface area contributed by atoms with Crippen molar-refractivity contribution in [3.05, 3.63) is 36.3 Å². The summed E-state index contributed by atoms with van der Waals surface area (Å²) in [6, 6.07) is 8.32. The van der Waals surface area contributed by atoms with E-state index < -0.39 is 0 Å². The van der Waals surface area contributed by atoms with Gasteiger partial charge in [0.1, 0.15) is 13.7 Å². The number of rotatable bonds is 2. The minimum atomic E-state index is 0.427. The molecule has 3 nitrogen and oxygen atoms in total. The first-order chi connectivity index (χ1) is 9.24. The number of hydrogen-bond donors (Lipinski definition) is 1. The van der Waals surface area contributed by atoms with E-state index in [1.165, 1.54) is 19.3 Å². The van der Waals surface area contributed by atoms with Crippen LogP contribution < -0.4 is 5.46 Å². The van der Waals surface area contributed by atoms with Crippen LogP contribution in [-0.2, 0) is 0 Å². The lowest BCUT2D eigenvalue weighted by Crippen LogP contribution is -2.30. The number of piperidine rings is 1. The van der Waals surface area contributed by atoms with Crippen molar-refractivity contribution >= 4 is 13.3 Å². The molecule has 4 heteroatoms. The molecule has 1 saturated heterocycles. The first-order valence-electron chi connectivity index (χ1n) is 6.85. The number of hydrogen-bond acceptors (Lipinski definition) is 2. The third-order valence-corrected chi connectivity index (χ3v) is 3.90. The van der Waals surface area contributed by atoms with Gasteiger partial charge in [0.25, 0.3) is 0 Å². The molecule has 0 saturated carbocycles. The summed E-state index contributed by atoms with van der Waals surface area (Å²) in [7, 11) is 7.89. The smallest absolute Gasteiger partial charge is 0.123 e. The molecule has 1 N–H and O–H groups in total. The number of aromatic amines is 1. The fraction of sp³-hybridized carbons (Fsp3) is 0.400. The molecule has 2 radical (unpaired) electrons. The molecule has 2 heterocycles. The number of likely N-dealkylation sites (tertiary alicyclic amines) is 1. The largest absolute Gasteiger partial charge is 0.341 e. The Balaban J connectivity index is 1.84. The molecule has 3 rings (SSSR count). The Labute approximate surface area is 115 Å². The average molecular weight is 251 g/mol. The highest BCUT2D eigenvalue weighted by Crippen LogP contribution is 2.28. The molecular weight excluding hydrogens is 233 g/mol. The van der Waals surface area contributed by atoms with Gasteiger partial charge in [-0.3, -0.25) is 4.90 Å². The van der Waals surface area contributed by atoms with E-state index in [0.717, 1.165) is 29.1 Å². The molecule has 19 heavy (non-hydrogen) atoms. The van der Waals surface area contributed by atoms with E-state index in [0.29, 0.717) is 6.04 Å². The zero-order valence-electron chi connectivity index (χ0n) is 11.3. The number of benzene rings is 1. The van der Waals surface area contributed by atoms with Gasteiger partial charge < -0.3 is 4.98 Å². The minimum absolute atomic E-state index is 0.427. The van der Waals surface area contributed by atoms with E-state index in [9.17, 15) is 0 Å². The fourth-order valence-electron chi connectivity index (χ4n) is 2.74. The minimum Gasteiger partial charge on any atom is -0.341 e. The fourth-order valence-corrected chi connectivity index (χ4v) is 2.74. The average Bonchev–Trinajstić information content (AvgIpc) is 2.89. The molecule has 0 spiro atoms. The van der Waals surface area contributed by atoms with Gasteiger partial charge in [0, 0.05) is 0 Å². The van der Waals surface area contributed by atoms with E-state index in [1.807, 2.05) is 30.5 Å². The predicted molar refractivity (Wildman–Crippen MR) is 78.6 cm³/mol. The Bertz CT molecular complexity index is 547. The first kappa shape index (κ1) is 12.5. The van der Waals surface area contributed by atoms with Crippen LogP contribution in [0.5, 0.6) is 0 Å². The Morgan fingerprint density at radius 2 is 2.05 bits per heavy atom. The zero-order valence-corrected chi connectivity index (χ0v) is 11.3. The summed E-state index contributed by atoms with van der Waals surface area (Å²) in [5, 5.41) is 0. The van der Waals surface area contributed by atoms with Gasteiger partial charge in [-0.1, -0.05) is 36.1 Å². The van der Waals surface area contributed by atoms with Crippen LogP contribution in [0.1, 0.15) is 31.1 Å². The first-order valence-corrected chi connectivity index (χ1v) is 6.85. The van der Waals surface area contributed by atoms with E-state index in [-0.39, 0.29) is 0 Å². The van der Waals surface area contributed by atoms with Crippen LogP contribution in [0.4, 0.5) is 0 Å². The van der Waals surface area contributed by atoms with Gasteiger partial charge in [-0.2, -0.15) is 0 Å². The summed E-state index contributed by atoms with van der Waals surface area (Å²) >= 11 is 0. The van der Waals surface area contributed by atoms with E-state index in [4.69, 9.17) is 7.85 Å². The van der Waals surface area contributed by atoms with Crippen molar-refractivity contribution < 1.29 is 0 Å². The summed E-state index contributed by atoms with van der Waals surface area (Å²) in [5.74, 6) is 1.08. The maximum atomic E-state index is 5.71. The van der Waals surface area contributed by atoms with Crippen molar-refractivity contribution in [1.82, 2.24) is 14.9 Å². The molecule has 1 fully saturated rings. The Morgan fingerprint density at radius 3 is 2.79 bits per heavy atom. The quantitative estimate of drug-likeness (QED) is 0.828. The molecule has 1 aliphatic rings. The summed E-state index contributed by atoms with van der Waals surface area (Å²) in [4.78, 5) is 10.4. The zero-order chi connectivity index (χ0) is 13.2. The normalized spacial score (nSPS) is 20.6. The van der Waals surface area contributed by atoms with Crippen molar-refractivity contribution in [3.63, 3.8) is 0 Å². The second-order valence-electron chi connectivity index (χ2n) is 5.30. The monoisotopic (exact) mass is 251 g/mol. The van der Waals surface area contributed by atoms with Crippen LogP contribution in [0.3, 0.4) is 0 Å². The van der Waals surface area contributed by atoms with Crippen molar-refractivity contribution in [2.75, 3.05) is 13.6 Å². The predicted octanol–water partition coefficient (Wildman–Crippen LogP) is 2.03. The van der Waals surface area contributed by atoms with Crippen molar-refractivity contribution in [2.24, 2.45) is 0 Å². The molecule has 1 aromatic carbocycles. The van der Waals surface area contributed by atoms with E-state index in [1.54, 1.807) is 0 Å². The van der Waals surface area contributed by atoms with Crippen LogP contribution in [0.2, 0.25) is 0 Å². The third kappa shape index (κ3) is 2.59. The van der Waals surface area contributed by atoms with Gasteiger partial charge in [0.2, 0.25) is 0 Å². The SMILES string of the molecule is [B]c1ccc(-c2cnc(C3CCCCN3C)[nH]2)cc1. The molecule has 1 aromatic heterocycles. The van der Waals surface area contributed by atoms with E-state index in [2.05, 4.69) is 21.9 Å². The molecule has 1 unspecified atom stereocenters. The summed E-state index contributed by atoms with van der Waals surface area (Å²) in [5.41, 5.74) is 2.98. The lowest BCUT2D eigenvalue weighted by molar-refractivity contribution is 0.180. The molecule has 1 aliphatic heterocycles. The van der Waals surface area contributed by atoms with Gasteiger partial charge >= 0.3 is 0 Å². The van der Waals surface area contributed by atoms with E-state index >= 15 is 0 Å². The Kier molecular flexibility index (Phi) is 3.43.